The molecule has 0 bridgehead atoms. The monoisotopic (exact) mass is 214 g/mol. The van der Waals surface area contributed by atoms with E-state index in [2.05, 4.69) is 28.9 Å². The summed E-state index contributed by atoms with van der Waals surface area (Å²) in [6, 6.07) is 8.00. The predicted octanol–water partition coefficient (Wildman–Crippen LogP) is 3.15. The number of ether oxygens (including phenoxy) is 1. The summed E-state index contributed by atoms with van der Waals surface area (Å²) in [6.45, 7) is 2.08. The molecule has 0 aliphatic heterocycles. The van der Waals surface area contributed by atoms with Gasteiger partial charge in [0.05, 0.1) is 7.11 Å². The highest BCUT2D eigenvalue weighted by Gasteiger charge is 2.05. The van der Waals surface area contributed by atoms with Gasteiger partial charge in [0.25, 0.3) is 0 Å². The number of hydrogen-bond donors (Lipinski definition) is 0. The zero-order valence-corrected chi connectivity index (χ0v) is 8.26. The molecule has 1 rings (SSSR count). The largest absolute Gasteiger partial charge is 0.496 e. The zero-order chi connectivity index (χ0) is 8.27. The first kappa shape index (κ1) is 8.60. The van der Waals surface area contributed by atoms with Crippen LogP contribution in [0.5, 0.6) is 5.75 Å². The van der Waals surface area contributed by atoms with Gasteiger partial charge in [0, 0.05) is 10.4 Å². The molecule has 1 aromatic carbocycles. The second-order valence-electron chi connectivity index (χ2n) is 2.36. The summed E-state index contributed by atoms with van der Waals surface area (Å²) in [4.78, 5) is 0.346. The van der Waals surface area contributed by atoms with Crippen molar-refractivity contribution in [2.75, 3.05) is 7.11 Å². The molecule has 1 nitrogen and oxygen atoms in total. The van der Waals surface area contributed by atoms with E-state index >= 15 is 0 Å². The normalized spacial score (nSPS) is 12.6. The molecule has 0 unspecified atom stereocenters. The van der Waals surface area contributed by atoms with Crippen LogP contribution in [-0.4, -0.2) is 7.11 Å². The molecule has 0 heterocycles. The van der Waals surface area contributed by atoms with Crippen LogP contribution in [0.15, 0.2) is 24.3 Å². The lowest BCUT2D eigenvalue weighted by Gasteiger charge is -2.08. The molecular formula is C9H11BrO. The maximum Gasteiger partial charge on any atom is 0.123 e. The third-order valence-corrected chi connectivity index (χ3v) is 2.06. The number of para-hydroxylation sites is 1. The van der Waals surface area contributed by atoms with E-state index in [0.717, 1.165) is 5.75 Å². The Balaban J connectivity index is 3.02. The molecule has 0 saturated heterocycles. The topological polar surface area (TPSA) is 9.23 Å². The van der Waals surface area contributed by atoms with Gasteiger partial charge in [-0.05, 0) is 13.0 Å². The van der Waals surface area contributed by atoms with Crippen LogP contribution >= 0.6 is 15.9 Å². The molecule has 11 heavy (non-hydrogen) atoms. The summed E-state index contributed by atoms with van der Waals surface area (Å²) in [5.41, 5.74) is 1.19. The van der Waals surface area contributed by atoms with E-state index in [1.807, 2.05) is 18.2 Å². The van der Waals surface area contributed by atoms with Gasteiger partial charge in [0.1, 0.15) is 5.75 Å². The Morgan fingerprint density at radius 2 is 2.00 bits per heavy atom. The van der Waals surface area contributed by atoms with Gasteiger partial charge >= 0.3 is 0 Å². The Hall–Kier alpha value is -0.500. The molecule has 1 aromatic rings. The Morgan fingerprint density at radius 1 is 1.36 bits per heavy atom. The van der Waals surface area contributed by atoms with Crippen LogP contribution in [0.2, 0.25) is 0 Å². The molecule has 0 spiro atoms. The van der Waals surface area contributed by atoms with Crippen molar-refractivity contribution in [1.82, 2.24) is 0 Å². The zero-order valence-electron chi connectivity index (χ0n) is 6.67. The fraction of sp³-hybridized carbons (Fsp3) is 0.333. The number of methoxy groups -OCH3 is 1. The van der Waals surface area contributed by atoms with Gasteiger partial charge in [-0.25, -0.2) is 0 Å². The van der Waals surface area contributed by atoms with E-state index in [1.54, 1.807) is 7.11 Å². The first-order valence-corrected chi connectivity index (χ1v) is 4.44. The highest BCUT2D eigenvalue weighted by molar-refractivity contribution is 9.09. The molecule has 0 radical (unpaired) electrons. The summed E-state index contributed by atoms with van der Waals surface area (Å²) in [7, 11) is 1.69. The molecule has 2 heteroatoms. The molecule has 0 aliphatic carbocycles. The highest BCUT2D eigenvalue weighted by atomic mass is 79.9. The van der Waals surface area contributed by atoms with Gasteiger partial charge < -0.3 is 4.74 Å². The minimum atomic E-state index is 0.346. The summed E-state index contributed by atoms with van der Waals surface area (Å²) < 4.78 is 5.18. The summed E-state index contributed by atoms with van der Waals surface area (Å²) in [6.07, 6.45) is 0. The molecule has 60 valence electrons. The lowest BCUT2D eigenvalue weighted by Crippen LogP contribution is -1.90. The average Bonchev–Trinajstić information content (AvgIpc) is 2.04. The third kappa shape index (κ3) is 1.96. The number of rotatable bonds is 2. The van der Waals surface area contributed by atoms with Crippen molar-refractivity contribution in [1.29, 1.82) is 0 Å². The Labute approximate surface area is 75.5 Å². The van der Waals surface area contributed by atoms with Gasteiger partial charge in [-0.2, -0.15) is 0 Å². The third-order valence-electron chi connectivity index (χ3n) is 1.57. The smallest absolute Gasteiger partial charge is 0.123 e. The Morgan fingerprint density at radius 3 is 2.45 bits per heavy atom. The lowest BCUT2D eigenvalue weighted by molar-refractivity contribution is 0.410. The fourth-order valence-electron chi connectivity index (χ4n) is 0.995. The second kappa shape index (κ2) is 3.77. The molecule has 0 saturated carbocycles. The fourth-order valence-corrected chi connectivity index (χ4v) is 1.37. The van der Waals surface area contributed by atoms with E-state index in [-0.39, 0.29) is 0 Å². The van der Waals surface area contributed by atoms with Gasteiger partial charge in [-0.3, -0.25) is 0 Å². The molecular weight excluding hydrogens is 204 g/mol. The van der Waals surface area contributed by atoms with Crippen LogP contribution in [0, 0.1) is 0 Å². The van der Waals surface area contributed by atoms with Crippen LogP contribution in [0.3, 0.4) is 0 Å². The predicted molar refractivity (Wildman–Crippen MR) is 50.3 cm³/mol. The lowest BCUT2D eigenvalue weighted by atomic mass is 10.1. The average molecular weight is 215 g/mol. The van der Waals surface area contributed by atoms with Crippen molar-refractivity contribution < 1.29 is 4.74 Å². The van der Waals surface area contributed by atoms with Crippen molar-refractivity contribution >= 4 is 15.9 Å². The van der Waals surface area contributed by atoms with Crippen LogP contribution in [0.1, 0.15) is 17.3 Å². The van der Waals surface area contributed by atoms with Crippen LogP contribution in [0.4, 0.5) is 0 Å². The molecule has 0 aliphatic rings. The standard InChI is InChI=1S/C9H11BrO/c1-7(10)8-5-3-4-6-9(8)11-2/h3-7H,1-2H3/t7-/m0/s1. The van der Waals surface area contributed by atoms with E-state index in [4.69, 9.17) is 4.74 Å². The summed E-state index contributed by atoms with van der Waals surface area (Å²) >= 11 is 3.49. The minimum Gasteiger partial charge on any atom is -0.496 e. The highest BCUT2D eigenvalue weighted by Crippen LogP contribution is 2.29. The van der Waals surface area contributed by atoms with E-state index in [0.29, 0.717) is 4.83 Å². The maximum atomic E-state index is 5.18. The summed E-state index contributed by atoms with van der Waals surface area (Å²) in [5, 5.41) is 0. The SMILES string of the molecule is COc1ccccc1[C@H](C)Br. The first-order chi connectivity index (χ1) is 5.25. The van der Waals surface area contributed by atoms with E-state index in [9.17, 15) is 0 Å². The minimum absolute atomic E-state index is 0.346. The van der Waals surface area contributed by atoms with Crippen LogP contribution in [0.25, 0.3) is 0 Å². The molecule has 1 atom stereocenters. The van der Waals surface area contributed by atoms with Crippen molar-refractivity contribution in [2.45, 2.75) is 11.8 Å². The number of hydrogen-bond acceptors (Lipinski definition) is 1. The summed E-state index contributed by atoms with van der Waals surface area (Å²) in [5.74, 6) is 0.942. The van der Waals surface area contributed by atoms with Gasteiger partial charge in [0.15, 0.2) is 0 Å². The van der Waals surface area contributed by atoms with Crippen LogP contribution < -0.4 is 4.74 Å². The van der Waals surface area contributed by atoms with Crippen molar-refractivity contribution in [2.24, 2.45) is 0 Å². The van der Waals surface area contributed by atoms with Gasteiger partial charge in [-0.15, -0.1) is 0 Å². The van der Waals surface area contributed by atoms with Crippen molar-refractivity contribution in [3.63, 3.8) is 0 Å². The van der Waals surface area contributed by atoms with Crippen molar-refractivity contribution in [3.8, 4) is 5.75 Å². The van der Waals surface area contributed by atoms with E-state index in [1.165, 1.54) is 5.56 Å². The van der Waals surface area contributed by atoms with Crippen LogP contribution in [-0.2, 0) is 0 Å². The maximum absolute atomic E-state index is 5.18. The Kier molecular flexibility index (Phi) is 2.94. The quantitative estimate of drug-likeness (QED) is 0.688. The van der Waals surface area contributed by atoms with Gasteiger partial charge in [0.2, 0.25) is 0 Å². The van der Waals surface area contributed by atoms with E-state index < -0.39 is 0 Å². The molecule has 0 N–H and O–H groups in total. The first-order valence-electron chi connectivity index (χ1n) is 3.52. The molecule has 0 aromatic heterocycles. The van der Waals surface area contributed by atoms with Gasteiger partial charge in [-0.1, -0.05) is 34.1 Å². The number of halogens is 1. The Bertz CT molecular complexity index is 233. The van der Waals surface area contributed by atoms with Crippen molar-refractivity contribution in [3.05, 3.63) is 29.8 Å². The second-order valence-corrected chi connectivity index (χ2v) is 3.73. The molecule has 0 amide bonds. The number of benzene rings is 1. The number of alkyl halides is 1. The molecule has 0 fully saturated rings.